The third-order valence-corrected chi connectivity index (χ3v) is 4.38. The molecule has 0 saturated carbocycles. The van der Waals surface area contributed by atoms with Crippen LogP contribution in [0, 0.1) is 0 Å². The molecule has 1 aromatic heterocycles. The zero-order chi connectivity index (χ0) is 14.1. The summed E-state index contributed by atoms with van der Waals surface area (Å²) in [6.07, 6.45) is 2.23. The van der Waals surface area contributed by atoms with Crippen LogP contribution in [-0.2, 0) is 11.2 Å². The van der Waals surface area contributed by atoms with Gasteiger partial charge in [-0.25, -0.2) is 4.98 Å². The highest BCUT2D eigenvalue weighted by Gasteiger charge is 2.19. The fourth-order valence-electron chi connectivity index (χ4n) is 2.27. The molecule has 1 unspecified atom stereocenters. The van der Waals surface area contributed by atoms with Crippen LogP contribution in [0.25, 0.3) is 0 Å². The number of aromatic nitrogens is 1. The minimum atomic E-state index is 0.0210. The average Bonchev–Trinajstić information content (AvgIpc) is 3.03. The lowest BCUT2D eigenvalue weighted by Gasteiger charge is -2.14. The highest BCUT2D eigenvalue weighted by Crippen LogP contribution is 2.32. The van der Waals surface area contributed by atoms with E-state index in [0.29, 0.717) is 18.0 Å². The molecule has 1 aliphatic rings. The van der Waals surface area contributed by atoms with Crippen molar-refractivity contribution in [3.8, 4) is 0 Å². The number of carbonyl (C=O) groups excluding carboxylic acids is 1. The number of nitrogens with zero attached hydrogens (tertiary/aromatic N) is 1. The van der Waals surface area contributed by atoms with E-state index < -0.39 is 0 Å². The van der Waals surface area contributed by atoms with Crippen LogP contribution < -0.4 is 16.4 Å². The van der Waals surface area contributed by atoms with E-state index in [1.165, 1.54) is 0 Å². The molecule has 2 heterocycles. The van der Waals surface area contributed by atoms with E-state index in [1.807, 2.05) is 23.7 Å². The van der Waals surface area contributed by atoms with Gasteiger partial charge < -0.3 is 16.4 Å². The molecular weight excluding hydrogens is 272 g/mol. The lowest BCUT2D eigenvalue weighted by Crippen LogP contribution is -2.11. The maximum absolute atomic E-state index is 11.4. The van der Waals surface area contributed by atoms with Gasteiger partial charge in [0, 0.05) is 29.7 Å². The van der Waals surface area contributed by atoms with Gasteiger partial charge in [0.05, 0.1) is 22.8 Å². The van der Waals surface area contributed by atoms with Crippen LogP contribution in [0.1, 0.15) is 23.4 Å². The Kier molecular flexibility index (Phi) is 3.31. The summed E-state index contributed by atoms with van der Waals surface area (Å²) in [4.78, 5) is 15.7. The van der Waals surface area contributed by atoms with Gasteiger partial charge in [-0.15, -0.1) is 11.3 Å². The van der Waals surface area contributed by atoms with E-state index >= 15 is 0 Å². The van der Waals surface area contributed by atoms with Gasteiger partial charge >= 0.3 is 0 Å². The molecule has 0 radical (unpaired) electrons. The van der Waals surface area contributed by atoms with E-state index in [9.17, 15) is 4.79 Å². The fraction of sp³-hybridized carbons (Fsp3) is 0.286. The number of carbonyl (C=O) groups is 1. The molecular formula is C14H16N4OS. The molecule has 6 heteroatoms. The molecule has 3 rings (SSSR count). The van der Waals surface area contributed by atoms with Gasteiger partial charge in [0.25, 0.3) is 0 Å². The van der Waals surface area contributed by atoms with Crippen LogP contribution >= 0.6 is 11.3 Å². The number of anilines is 3. The van der Waals surface area contributed by atoms with Crippen molar-refractivity contribution in [2.45, 2.75) is 19.3 Å². The largest absolute Gasteiger partial charge is 0.397 e. The van der Waals surface area contributed by atoms with Crippen molar-refractivity contribution in [2.24, 2.45) is 0 Å². The Bertz CT molecular complexity index is 639. The van der Waals surface area contributed by atoms with Gasteiger partial charge in [0.2, 0.25) is 5.91 Å². The second-order valence-electron chi connectivity index (χ2n) is 4.97. The monoisotopic (exact) mass is 288 g/mol. The van der Waals surface area contributed by atoms with E-state index in [1.54, 1.807) is 11.3 Å². The third kappa shape index (κ3) is 2.46. The molecule has 0 aliphatic carbocycles. The van der Waals surface area contributed by atoms with Gasteiger partial charge in [-0.05, 0) is 17.7 Å². The quantitative estimate of drug-likeness (QED) is 0.755. The number of nitrogens with one attached hydrogen (secondary N) is 2. The van der Waals surface area contributed by atoms with E-state index in [0.717, 1.165) is 28.5 Å². The molecule has 20 heavy (non-hydrogen) atoms. The average molecular weight is 288 g/mol. The van der Waals surface area contributed by atoms with Crippen molar-refractivity contribution in [2.75, 3.05) is 22.9 Å². The molecule has 2 aromatic rings. The zero-order valence-electron chi connectivity index (χ0n) is 11.1. The van der Waals surface area contributed by atoms with Crippen LogP contribution in [0.5, 0.6) is 0 Å². The highest BCUT2D eigenvalue weighted by atomic mass is 32.1. The van der Waals surface area contributed by atoms with Crippen LogP contribution in [-0.4, -0.2) is 17.4 Å². The summed E-state index contributed by atoms with van der Waals surface area (Å²) in [6.45, 7) is 2.88. The number of benzene rings is 1. The van der Waals surface area contributed by atoms with Crippen molar-refractivity contribution >= 4 is 34.3 Å². The number of rotatable bonds is 4. The highest BCUT2D eigenvalue weighted by molar-refractivity contribution is 7.09. The van der Waals surface area contributed by atoms with E-state index in [4.69, 9.17) is 5.73 Å². The summed E-state index contributed by atoms with van der Waals surface area (Å²) in [7, 11) is 0. The number of hydrogen-bond acceptors (Lipinski definition) is 5. The molecule has 1 atom stereocenters. The summed E-state index contributed by atoms with van der Waals surface area (Å²) >= 11 is 1.65. The maximum atomic E-state index is 11.4. The van der Waals surface area contributed by atoms with Crippen molar-refractivity contribution in [1.82, 2.24) is 4.98 Å². The zero-order valence-corrected chi connectivity index (χ0v) is 12.0. The third-order valence-electron chi connectivity index (χ3n) is 3.37. The molecule has 1 amide bonds. The van der Waals surface area contributed by atoms with Crippen LogP contribution in [0.4, 0.5) is 17.1 Å². The van der Waals surface area contributed by atoms with Crippen molar-refractivity contribution in [1.29, 1.82) is 0 Å². The lowest BCUT2D eigenvalue weighted by molar-refractivity contribution is -0.115. The lowest BCUT2D eigenvalue weighted by atomic mass is 10.1. The summed E-state index contributed by atoms with van der Waals surface area (Å²) in [6, 6.07) is 3.77. The number of nitrogens with two attached hydrogens (primary N) is 1. The molecule has 0 fully saturated rings. The Morgan fingerprint density at radius 1 is 1.55 bits per heavy atom. The van der Waals surface area contributed by atoms with Crippen LogP contribution in [0.15, 0.2) is 23.7 Å². The smallest absolute Gasteiger partial charge is 0.228 e. The van der Waals surface area contributed by atoms with E-state index in [-0.39, 0.29) is 5.91 Å². The van der Waals surface area contributed by atoms with Crippen LogP contribution in [0.3, 0.4) is 0 Å². The van der Waals surface area contributed by atoms with Gasteiger partial charge in [-0.2, -0.15) is 0 Å². The predicted octanol–water partition coefficient (Wildman–Crippen LogP) is 2.44. The first-order chi connectivity index (χ1) is 9.63. The number of thiazole rings is 1. The molecule has 5 nitrogen and oxygen atoms in total. The number of fused-ring (bicyclic) bond motifs is 1. The second-order valence-corrected chi connectivity index (χ2v) is 5.90. The molecule has 0 spiro atoms. The first-order valence-corrected chi connectivity index (χ1v) is 7.37. The fourth-order valence-corrected chi connectivity index (χ4v) is 2.97. The summed E-state index contributed by atoms with van der Waals surface area (Å²) in [5, 5.41) is 9.25. The Labute approximate surface area is 121 Å². The SMILES string of the molecule is CC(CNc1cc2c(cc1N)CC(=O)N2)c1nccs1. The molecule has 1 aliphatic heterocycles. The summed E-state index contributed by atoms with van der Waals surface area (Å²) in [5.41, 5.74) is 9.38. The van der Waals surface area contributed by atoms with Crippen molar-refractivity contribution < 1.29 is 4.79 Å². The first kappa shape index (κ1) is 12.9. The molecule has 1 aromatic carbocycles. The van der Waals surface area contributed by atoms with Gasteiger partial charge in [-0.3, -0.25) is 4.79 Å². The molecule has 4 N–H and O–H groups in total. The Balaban J connectivity index is 1.72. The topological polar surface area (TPSA) is 80.0 Å². The van der Waals surface area contributed by atoms with Gasteiger partial charge in [0.1, 0.15) is 0 Å². The van der Waals surface area contributed by atoms with Crippen molar-refractivity contribution in [3.05, 3.63) is 34.3 Å². The van der Waals surface area contributed by atoms with E-state index in [2.05, 4.69) is 22.5 Å². The Hall–Kier alpha value is -2.08. The Morgan fingerprint density at radius 3 is 3.15 bits per heavy atom. The minimum absolute atomic E-state index is 0.0210. The second kappa shape index (κ2) is 5.13. The number of amides is 1. The Morgan fingerprint density at radius 2 is 2.40 bits per heavy atom. The standard InChI is InChI=1S/C14H16N4OS/c1-8(14-16-2-3-20-14)7-17-12-6-11-9(4-10(12)15)5-13(19)18-11/h2-4,6,8,17H,5,7,15H2,1H3,(H,18,19). The summed E-state index contributed by atoms with van der Waals surface area (Å²) in [5.74, 6) is 0.338. The predicted molar refractivity (Wildman–Crippen MR) is 82.2 cm³/mol. The van der Waals surface area contributed by atoms with Gasteiger partial charge in [-0.1, -0.05) is 6.92 Å². The molecule has 0 saturated heterocycles. The van der Waals surface area contributed by atoms with Gasteiger partial charge in [0.15, 0.2) is 0 Å². The summed E-state index contributed by atoms with van der Waals surface area (Å²) < 4.78 is 0. The minimum Gasteiger partial charge on any atom is -0.397 e. The molecule has 0 bridgehead atoms. The number of nitrogen functional groups attached to an aromatic ring is 1. The van der Waals surface area contributed by atoms with Crippen LogP contribution in [0.2, 0.25) is 0 Å². The maximum Gasteiger partial charge on any atom is 0.228 e. The molecule has 104 valence electrons. The number of hydrogen-bond donors (Lipinski definition) is 3. The first-order valence-electron chi connectivity index (χ1n) is 6.49. The normalized spacial score (nSPS) is 14.8. The van der Waals surface area contributed by atoms with Crippen molar-refractivity contribution in [3.63, 3.8) is 0 Å².